The fourth-order valence-corrected chi connectivity index (χ4v) is 3.30. The highest BCUT2D eigenvalue weighted by molar-refractivity contribution is 7.89. The Morgan fingerprint density at radius 1 is 1.42 bits per heavy atom. The van der Waals surface area contributed by atoms with E-state index >= 15 is 0 Å². The van der Waals surface area contributed by atoms with Gasteiger partial charge in [-0.2, -0.15) is 0 Å². The summed E-state index contributed by atoms with van der Waals surface area (Å²) in [7, 11) is -1.83. The second-order valence-electron chi connectivity index (χ2n) is 4.52. The summed E-state index contributed by atoms with van der Waals surface area (Å²) in [5.41, 5.74) is 6.88. The van der Waals surface area contributed by atoms with E-state index in [0.717, 1.165) is 12.8 Å². The van der Waals surface area contributed by atoms with E-state index in [1.54, 1.807) is 32.2 Å². The molecule has 4 nitrogen and oxygen atoms in total. The lowest BCUT2D eigenvalue weighted by Crippen LogP contribution is -2.28. The zero-order valence-electron chi connectivity index (χ0n) is 11.5. The molecule has 0 saturated carbocycles. The van der Waals surface area contributed by atoms with Crippen LogP contribution in [0.4, 0.5) is 0 Å². The van der Waals surface area contributed by atoms with Crippen molar-refractivity contribution < 1.29 is 8.42 Å². The number of hydrogen-bond acceptors (Lipinski definition) is 3. The normalized spacial score (nSPS) is 11.8. The van der Waals surface area contributed by atoms with Gasteiger partial charge in [0.2, 0.25) is 10.0 Å². The van der Waals surface area contributed by atoms with Crippen molar-refractivity contribution in [3.8, 4) is 0 Å². The number of nitrogens with two attached hydrogens (primary N) is 1. The average Bonchev–Trinajstić information content (AvgIpc) is 2.35. The Bertz CT molecular complexity index is 568. The summed E-state index contributed by atoms with van der Waals surface area (Å²) in [6.45, 7) is 4.31. The van der Waals surface area contributed by atoms with Crippen LogP contribution in [-0.4, -0.2) is 31.3 Å². The number of hydrogen-bond donors (Lipinski definition) is 1. The van der Waals surface area contributed by atoms with Crippen molar-refractivity contribution in [1.29, 1.82) is 0 Å². The smallest absolute Gasteiger partial charge is 0.243 e. The number of aryl methyl sites for hydroxylation is 1. The van der Waals surface area contributed by atoms with Gasteiger partial charge in [0.1, 0.15) is 4.99 Å². The lowest BCUT2D eigenvalue weighted by atomic mass is 10.1. The van der Waals surface area contributed by atoms with Crippen molar-refractivity contribution in [2.45, 2.75) is 31.6 Å². The van der Waals surface area contributed by atoms with Gasteiger partial charge in [0.15, 0.2) is 0 Å². The highest BCUT2D eigenvalue weighted by atomic mass is 32.2. The number of benzene rings is 1. The van der Waals surface area contributed by atoms with E-state index in [4.69, 9.17) is 18.0 Å². The molecule has 0 fully saturated rings. The largest absolute Gasteiger partial charge is 0.389 e. The molecule has 0 atom stereocenters. The summed E-state index contributed by atoms with van der Waals surface area (Å²) in [6.07, 6.45) is 1.80. The molecular formula is C13H20N2O2S2. The Morgan fingerprint density at radius 2 is 2.05 bits per heavy atom. The molecule has 106 valence electrons. The average molecular weight is 300 g/mol. The molecule has 0 saturated heterocycles. The molecule has 0 unspecified atom stereocenters. The minimum atomic E-state index is -3.44. The van der Waals surface area contributed by atoms with Crippen LogP contribution in [0.15, 0.2) is 23.1 Å². The SMILES string of the molecule is CCCCN(C)S(=O)(=O)c1ccc(C(N)=S)cc1C. The fraction of sp³-hybridized carbons (Fsp3) is 0.462. The van der Waals surface area contributed by atoms with E-state index in [0.29, 0.717) is 22.6 Å². The third-order valence-electron chi connectivity index (χ3n) is 2.97. The van der Waals surface area contributed by atoms with Gasteiger partial charge in [0.05, 0.1) is 4.90 Å². The van der Waals surface area contributed by atoms with Gasteiger partial charge in [-0.05, 0) is 31.0 Å². The minimum Gasteiger partial charge on any atom is -0.389 e. The summed E-state index contributed by atoms with van der Waals surface area (Å²) in [6, 6.07) is 4.93. The quantitative estimate of drug-likeness (QED) is 0.817. The lowest BCUT2D eigenvalue weighted by molar-refractivity contribution is 0.459. The summed E-state index contributed by atoms with van der Waals surface area (Å²) < 4.78 is 26.2. The lowest BCUT2D eigenvalue weighted by Gasteiger charge is -2.18. The maximum atomic E-state index is 12.4. The Balaban J connectivity index is 3.12. The molecule has 2 N–H and O–H groups in total. The van der Waals surface area contributed by atoms with Crippen LogP contribution in [0.2, 0.25) is 0 Å². The van der Waals surface area contributed by atoms with Crippen LogP contribution >= 0.6 is 12.2 Å². The van der Waals surface area contributed by atoms with Crippen LogP contribution in [0.3, 0.4) is 0 Å². The van der Waals surface area contributed by atoms with Gasteiger partial charge in [-0.25, -0.2) is 12.7 Å². The zero-order chi connectivity index (χ0) is 14.6. The number of nitrogens with zero attached hydrogens (tertiary/aromatic N) is 1. The standard InChI is InChI=1S/C13H20N2O2S2/c1-4-5-8-15(3)19(16,17)12-7-6-11(13(14)18)9-10(12)2/h6-7,9H,4-5,8H2,1-3H3,(H2,14,18). The maximum Gasteiger partial charge on any atom is 0.243 e. The second-order valence-corrected chi connectivity index (χ2v) is 6.98. The van der Waals surface area contributed by atoms with Gasteiger partial charge in [-0.15, -0.1) is 0 Å². The molecule has 6 heteroatoms. The topological polar surface area (TPSA) is 63.4 Å². The van der Waals surface area contributed by atoms with Crippen molar-refractivity contribution >= 4 is 27.2 Å². The first-order valence-corrected chi connectivity index (χ1v) is 8.02. The van der Waals surface area contributed by atoms with Crippen LogP contribution in [0.25, 0.3) is 0 Å². The van der Waals surface area contributed by atoms with E-state index in [1.807, 2.05) is 6.92 Å². The van der Waals surface area contributed by atoms with Crippen molar-refractivity contribution in [2.75, 3.05) is 13.6 Å². The first kappa shape index (κ1) is 16.1. The summed E-state index contributed by atoms with van der Waals surface area (Å²) in [5.74, 6) is 0. The molecule has 1 aromatic carbocycles. The number of rotatable bonds is 6. The molecule has 1 aromatic rings. The van der Waals surface area contributed by atoms with Gasteiger partial charge < -0.3 is 5.73 Å². The van der Waals surface area contributed by atoms with E-state index in [9.17, 15) is 8.42 Å². The highest BCUT2D eigenvalue weighted by Crippen LogP contribution is 2.20. The molecule has 0 heterocycles. The summed E-state index contributed by atoms with van der Waals surface area (Å²) in [4.78, 5) is 0.581. The molecule has 0 amide bonds. The first-order valence-electron chi connectivity index (χ1n) is 6.17. The molecule has 19 heavy (non-hydrogen) atoms. The predicted octanol–water partition coefficient (Wildman–Crippen LogP) is 2.05. The third kappa shape index (κ3) is 3.75. The van der Waals surface area contributed by atoms with E-state index < -0.39 is 10.0 Å². The van der Waals surface area contributed by atoms with Crippen molar-refractivity contribution in [3.63, 3.8) is 0 Å². The molecule has 0 aliphatic rings. The predicted molar refractivity (Wildman–Crippen MR) is 81.8 cm³/mol. The van der Waals surface area contributed by atoms with Crippen LogP contribution in [-0.2, 0) is 10.0 Å². The molecular weight excluding hydrogens is 280 g/mol. The molecule has 0 spiro atoms. The molecule has 0 radical (unpaired) electrons. The second kappa shape index (κ2) is 6.45. The molecule has 0 aliphatic carbocycles. The third-order valence-corrected chi connectivity index (χ3v) is 5.23. The fourth-order valence-electron chi connectivity index (χ4n) is 1.76. The van der Waals surface area contributed by atoms with Gasteiger partial charge in [0.25, 0.3) is 0 Å². The monoisotopic (exact) mass is 300 g/mol. The number of thiocarbonyl (C=S) groups is 1. The van der Waals surface area contributed by atoms with E-state index in [-0.39, 0.29) is 4.99 Å². The van der Waals surface area contributed by atoms with E-state index in [2.05, 4.69) is 0 Å². The Hall–Kier alpha value is -0.980. The highest BCUT2D eigenvalue weighted by Gasteiger charge is 2.22. The first-order chi connectivity index (χ1) is 8.80. The van der Waals surface area contributed by atoms with Crippen LogP contribution in [0, 0.1) is 6.92 Å². The van der Waals surface area contributed by atoms with Crippen molar-refractivity contribution in [2.24, 2.45) is 5.73 Å². The van der Waals surface area contributed by atoms with Crippen LogP contribution < -0.4 is 5.73 Å². The van der Waals surface area contributed by atoms with Crippen molar-refractivity contribution in [1.82, 2.24) is 4.31 Å². The molecule has 0 aliphatic heterocycles. The minimum absolute atomic E-state index is 0.270. The van der Waals surface area contributed by atoms with Crippen LogP contribution in [0.1, 0.15) is 30.9 Å². The van der Waals surface area contributed by atoms with Crippen LogP contribution in [0.5, 0.6) is 0 Å². The molecule has 0 bridgehead atoms. The summed E-state index contributed by atoms with van der Waals surface area (Å²) >= 11 is 4.89. The molecule has 1 rings (SSSR count). The van der Waals surface area contributed by atoms with Gasteiger partial charge >= 0.3 is 0 Å². The Morgan fingerprint density at radius 3 is 2.53 bits per heavy atom. The van der Waals surface area contributed by atoms with Crippen molar-refractivity contribution in [3.05, 3.63) is 29.3 Å². The number of sulfonamides is 1. The molecule has 0 aromatic heterocycles. The van der Waals surface area contributed by atoms with Gasteiger partial charge in [-0.3, -0.25) is 0 Å². The van der Waals surface area contributed by atoms with E-state index in [1.165, 1.54) is 4.31 Å². The van der Waals surface area contributed by atoms with Gasteiger partial charge in [0, 0.05) is 19.2 Å². The summed E-state index contributed by atoms with van der Waals surface area (Å²) in [5, 5.41) is 0. The van der Waals surface area contributed by atoms with Gasteiger partial charge in [-0.1, -0.05) is 31.6 Å². The number of unbranched alkanes of at least 4 members (excludes halogenated alkanes) is 1. The zero-order valence-corrected chi connectivity index (χ0v) is 13.1. The Labute approximate surface area is 120 Å². The Kier molecular flexibility index (Phi) is 5.46. The maximum absolute atomic E-state index is 12.4.